The molecule has 6 heteroatoms. The fourth-order valence-electron chi connectivity index (χ4n) is 3.81. The zero-order valence-corrected chi connectivity index (χ0v) is 16.2. The van der Waals surface area contributed by atoms with Crippen molar-refractivity contribution in [3.05, 3.63) is 53.4 Å². The summed E-state index contributed by atoms with van der Waals surface area (Å²) in [6.45, 7) is 5.04. The first kappa shape index (κ1) is 19.5. The number of carbonyl (C=O) groups excluding carboxylic acids is 1. The minimum atomic E-state index is -0.296. The van der Waals surface area contributed by atoms with Gasteiger partial charge in [0.15, 0.2) is 0 Å². The van der Waals surface area contributed by atoms with Crippen molar-refractivity contribution < 1.29 is 13.9 Å². The lowest BCUT2D eigenvalue weighted by atomic mass is 9.94. The van der Waals surface area contributed by atoms with Crippen molar-refractivity contribution in [3.63, 3.8) is 0 Å². The van der Waals surface area contributed by atoms with Crippen molar-refractivity contribution in [1.82, 2.24) is 14.5 Å². The van der Waals surface area contributed by atoms with Crippen LogP contribution in [0.3, 0.4) is 0 Å². The molecule has 0 aliphatic carbocycles. The second kappa shape index (κ2) is 9.13. The third-order valence-corrected chi connectivity index (χ3v) is 5.24. The topological polar surface area (TPSA) is 47.4 Å². The van der Waals surface area contributed by atoms with Gasteiger partial charge >= 0.3 is 0 Å². The number of piperidine rings is 1. The third kappa shape index (κ3) is 5.16. The number of imidazole rings is 1. The minimum absolute atomic E-state index is 0.0733. The van der Waals surface area contributed by atoms with Gasteiger partial charge in [0, 0.05) is 45.1 Å². The van der Waals surface area contributed by atoms with E-state index in [9.17, 15) is 9.18 Å². The van der Waals surface area contributed by atoms with Gasteiger partial charge in [0.05, 0.1) is 13.0 Å². The highest BCUT2D eigenvalue weighted by Crippen LogP contribution is 2.22. The number of halogens is 1. The van der Waals surface area contributed by atoms with Crippen LogP contribution in [0.1, 0.15) is 29.9 Å². The number of aromatic nitrogens is 2. The molecule has 27 heavy (non-hydrogen) atoms. The van der Waals surface area contributed by atoms with Crippen LogP contribution in [0.25, 0.3) is 0 Å². The molecule has 3 rings (SSSR count). The van der Waals surface area contributed by atoms with Crippen LogP contribution in [0.4, 0.5) is 4.39 Å². The third-order valence-electron chi connectivity index (χ3n) is 5.24. The molecule has 0 saturated carbocycles. The van der Waals surface area contributed by atoms with E-state index in [4.69, 9.17) is 4.74 Å². The van der Waals surface area contributed by atoms with Gasteiger partial charge in [-0.2, -0.15) is 0 Å². The Morgan fingerprint density at radius 2 is 2.26 bits per heavy atom. The zero-order valence-electron chi connectivity index (χ0n) is 16.2. The maximum atomic E-state index is 13.3. The Labute approximate surface area is 160 Å². The van der Waals surface area contributed by atoms with E-state index in [0.29, 0.717) is 12.5 Å². The average Bonchev–Trinajstić information content (AvgIpc) is 2.99. The largest absolute Gasteiger partial charge is 0.383 e. The van der Waals surface area contributed by atoms with E-state index in [0.717, 1.165) is 56.0 Å². The number of likely N-dealkylation sites (tertiary alicyclic amines) is 1. The number of nitrogens with zero attached hydrogens (tertiary/aromatic N) is 3. The van der Waals surface area contributed by atoms with Crippen LogP contribution < -0.4 is 0 Å². The van der Waals surface area contributed by atoms with Crippen LogP contribution >= 0.6 is 0 Å². The summed E-state index contributed by atoms with van der Waals surface area (Å²) in [6.07, 6.45) is 5.12. The number of hydrogen-bond donors (Lipinski definition) is 0. The van der Waals surface area contributed by atoms with E-state index < -0.39 is 0 Å². The van der Waals surface area contributed by atoms with Gasteiger partial charge in [-0.15, -0.1) is 0 Å². The van der Waals surface area contributed by atoms with Crippen LogP contribution in [0.2, 0.25) is 0 Å². The Morgan fingerprint density at radius 3 is 3.04 bits per heavy atom. The van der Waals surface area contributed by atoms with Crippen molar-refractivity contribution in [2.24, 2.45) is 5.92 Å². The first-order chi connectivity index (χ1) is 13.1. The van der Waals surface area contributed by atoms with E-state index in [1.54, 1.807) is 19.2 Å². The van der Waals surface area contributed by atoms with Crippen molar-refractivity contribution in [2.45, 2.75) is 39.2 Å². The summed E-state index contributed by atoms with van der Waals surface area (Å²) in [7, 11) is 1.70. The van der Waals surface area contributed by atoms with Crippen LogP contribution in [0.5, 0.6) is 0 Å². The number of rotatable bonds is 7. The molecule has 5 nitrogen and oxygen atoms in total. The van der Waals surface area contributed by atoms with Gasteiger partial charge < -0.3 is 14.2 Å². The minimum Gasteiger partial charge on any atom is -0.383 e. The second-order valence-corrected chi connectivity index (χ2v) is 7.32. The van der Waals surface area contributed by atoms with Crippen molar-refractivity contribution in [1.29, 1.82) is 0 Å². The summed E-state index contributed by atoms with van der Waals surface area (Å²) < 4.78 is 20.8. The predicted molar refractivity (Wildman–Crippen MR) is 102 cm³/mol. The normalized spacial score (nSPS) is 17.3. The van der Waals surface area contributed by atoms with Gasteiger partial charge in [-0.3, -0.25) is 4.79 Å². The highest BCUT2D eigenvalue weighted by Gasteiger charge is 2.25. The molecule has 0 bridgehead atoms. The van der Waals surface area contributed by atoms with Gasteiger partial charge in [-0.1, -0.05) is 12.1 Å². The number of benzene rings is 1. The van der Waals surface area contributed by atoms with Crippen LogP contribution in [-0.2, 0) is 28.9 Å². The number of aryl methyl sites for hydroxylation is 1. The molecule has 2 aromatic rings. The van der Waals surface area contributed by atoms with Crippen LogP contribution in [0, 0.1) is 18.7 Å². The first-order valence-electron chi connectivity index (χ1n) is 9.59. The highest BCUT2D eigenvalue weighted by molar-refractivity contribution is 5.78. The molecule has 1 fully saturated rings. The molecule has 2 heterocycles. The summed E-state index contributed by atoms with van der Waals surface area (Å²) >= 11 is 0. The maximum absolute atomic E-state index is 13.3. The summed E-state index contributed by atoms with van der Waals surface area (Å²) in [5.74, 6) is 1.24. The maximum Gasteiger partial charge on any atom is 0.227 e. The Kier molecular flexibility index (Phi) is 6.61. The molecule has 1 unspecified atom stereocenters. The van der Waals surface area contributed by atoms with Gasteiger partial charge in [0.1, 0.15) is 11.6 Å². The molecule has 0 radical (unpaired) electrons. The van der Waals surface area contributed by atoms with Crippen molar-refractivity contribution in [2.75, 3.05) is 26.8 Å². The molecule has 1 atom stereocenters. The Balaban J connectivity index is 1.60. The molecule has 0 spiro atoms. The van der Waals surface area contributed by atoms with Crippen molar-refractivity contribution in [3.8, 4) is 0 Å². The summed E-state index contributed by atoms with van der Waals surface area (Å²) in [6, 6.07) is 6.30. The van der Waals surface area contributed by atoms with E-state index in [1.165, 1.54) is 12.1 Å². The smallest absolute Gasteiger partial charge is 0.227 e. The lowest BCUT2D eigenvalue weighted by Gasteiger charge is -2.33. The molecule has 1 aliphatic heterocycles. The Hall–Kier alpha value is -2.21. The number of hydrogen-bond acceptors (Lipinski definition) is 3. The van der Waals surface area contributed by atoms with E-state index in [2.05, 4.69) is 16.5 Å². The fraction of sp³-hybridized carbons (Fsp3) is 0.524. The number of ether oxygens (including phenoxy) is 1. The molecular formula is C21H28FN3O2. The fourth-order valence-corrected chi connectivity index (χ4v) is 3.81. The van der Waals surface area contributed by atoms with E-state index >= 15 is 0 Å². The summed E-state index contributed by atoms with van der Waals surface area (Å²) in [5.41, 5.74) is 1.87. The van der Waals surface area contributed by atoms with Gasteiger partial charge in [-0.25, -0.2) is 9.37 Å². The molecule has 1 amide bonds. The molecule has 0 N–H and O–H groups in total. The van der Waals surface area contributed by atoms with Crippen LogP contribution in [0.15, 0.2) is 30.5 Å². The predicted octanol–water partition coefficient (Wildman–Crippen LogP) is 3.00. The SMILES string of the molecule is COCCn1c(C)cnc1CC1CCCN(C(=O)Cc2cccc(F)c2)C1. The Bertz CT molecular complexity index is 775. The lowest BCUT2D eigenvalue weighted by Crippen LogP contribution is -2.41. The molecule has 1 aliphatic rings. The average molecular weight is 373 g/mol. The quantitative estimate of drug-likeness (QED) is 0.750. The first-order valence-corrected chi connectivity index (χ1v) is 9.59. The number of carbonyl (C=O) groups is 1. The Morgan fingerprint density at radius 1 is 1.41 bits per heavy atom. The molecule has 146 valence electrons. The number of methoxy groups -OCH3 is 1. The summed E-state index contributed by atoms with van der Waals surface area (Å²) in [5, 5.41) is 0. The van der Waals surface area contributed by atoms with Gasteiger partial charge in [0.2, 0.25) is 5.91 Å². The van der Waals surface area contributed by atoms with Crippen LogP contribution in [-0.4, -0.2) is 47.2 Å². The molecular weight excluding hydrogens is 345 g/mol. The standard InChI is InChI=1S/C21H28FN3O2/c1-16-14-23-20(25(16)9-10-27-2)12-18-6-4-8-24(15-18)21(26)13-17-5-3-7-19(22)11-17/h3,5,7,11,14,18H,4,6,8-10,12-13,15H2,1-2H3. The summed E-state index contributed by atoms with van der Waals surface area (Å²) in [4.78, 5) is 19.2. The van der Waals surface area contributed by atoms with E-state index in [1.807, 2.05) is 11.1 Å². The molecule has 1 aromatic heterocycles. The number of amides is 1. The van der Waals surface area contributed by atoms with Crippen molar-refractivity contribution >= 4 is 5.91 Å². The van der Waals surface area contributed by atoms with Gasteiger partial charge in [-0.05, 0) is 43.4 Å². The van der Waals surface area contributed by atoms with E-state index in [-0.39, 0.29) is 18.1 Å². The van der Waals surface area contributed by atoms with Gasteiger partial charge in [0.25, 0.3) is 0 Å². The highest BCUT2D eigenvalue weighted by atomic mass is 19.1. The lowest BCUT2D eigenvalue weighted by molar-refractivity contribution is -0.132. The molecule has 1 aromatic carbocycles. The second-order valence-electron chi connectivity index (χ2n) is 7.32. The molecule has 1 saturated heterocycles. The monoisotopic (exact) mass is 373 g/mol. The zero-order chi connectivity index (χ0) is 19.2.